The van der Waals surface area contributed by atoms with E-state index in [4.69, 9.17) is 5.73 Å². The van der Waals surface area contributed by atoms with E-state index in [1.807, 2.05) is 6.92 Å². The highest BCUT2D eigenvalue weighted by Gasteiger charge is 2.14. The quantitative estimate of drug-likeness (QED) is 0.816. The molecule has 0 radical (unpaired) electrons. The molecule has 94 valence electrons. The normalized spacial score (nSPS) is 14.1. The van der Waals surface area contributed by atoms with E-state index < -0.39 is 0 Å². The summed E-state index contributed by atoms with van der Waals surface area (Å²) in [7, 11) is 0. The number of halogens is 1. The largest absolute Gasteiger partial charge is 0.353 e. The molecule has 3 nitrogen and oxygen atoms in total. The molecule has 0 heterocycles. The van der Waals surface area contributed by atoms with Crippen molar-refractivity contribution in [1.29, 1.82) is 0 Å². The van der Waals surface area contributed by atoms with E-state index in [1.54, 1.807) is 25.1 Å². The van der Waals surface area contributed by atoms with Crippen LogP contribution in [-0.4, -0.2) is 18.5 Å². The van der Waals surface area contributed by atoms with Crippen molar-refractivity contribution in [3.63, 3.8) is 0 Å². The zero-order chi connectivity index (χ0) is 12.8. The van der Waals surface area contributed by atoms with Gasteiger partial charge in [-0.05, 0) is 25.0 Å². The molecule has 0 saturated carbocycles. The molecule has 0 bridgehead atoms. The molecular formula is C13H19FN2O. The lowest BCUT2D eigenvalue weighted by Crippen LogP contribution is -2.39. The van der Waals surface area contributed by atoms with Crippen molar-refractivity contribution in [2.24, 2.45) is 11.7 Å². The summed E-state index contributed by atoms with van der Waals surface area (Å²) < 4.78 is 13.4. The van der Waals surface area contributed by atoms with Crippen LogP contribution in [0.25, 0.3) is 0 Å². The van der Waals surface area contributed by atoms with E-state index in [0.29, 0.717) is 18.5 Å². The van der Waals surface area contributed by atoms with Crippen LogP contribution in [-0.2, 0) is 11.2 Å². The Kier molecular flexibility index (Phi) is 5.10. The van der Waals surface area contributed by atoms with Gasteiger partial charge in [0.25, 0.3) is 0 Å². The average Bonchev–Trinajstić information content (AvgIpc) is 2.31. The van der Waals surface area contributed by atoms with Crippen molar-refractivity contribution in [2.75, 3.05) is 6.54 Å². The van der Waals surface area contributed by atoms with Gasteiger partial charge in [0.2, 0.25) is 5.91 Å². The van der Waals surface area contributed by atoms with Crippen LogP contribution in [0.4, 0.5) is 4.39 Å². The van der Waals surface area contributed by atoms with Crippen molar-refractivity contribution in [2.45, 2.75) is 26.3 Å². The molecule has 1 amide bonds. The number of amides is 1. The maximum Gasteiger partial charge on any atom is 0.224 e. The Bertz CT molecular complexity index is 381. The van der Waals surface area contributed by atoms with Crippen LogP contribution in [0, 0.1) is 11.7 Å². The van der Waals surface area contributed by atoms with Crippen molar-refractivity contribution >= 4 is 5.91 Å². The van der Waals surface area contributed by atoms with E-state index >= 15 is 0 Å². The van der Waals surface area contributed by atoms with Crippen LogP contribution in [0.1, 0.15) is 19.4 Å². The molecule has 4 heteroatoms. The topological polar surface area (TPSA) is 55.1 Å². The molecule has 17 heavy (non-hydrogen) atoms. The molecule has 3 N–H and O–H groups in total. The first kappa shape index (κ1) is 13.6. The standard InChI is InChI=1S/C13H19FN2O/c1-9(8-15)13(17)16-10(2)7-11-5-3-4-6-12(11)14/h3-6,9-10H,7-8,15H2,1-2H3,(H,16,17). The van der Waals surface area contributed by atoms with Gasteiger partial charge in [0, 0.05) is 18.5 Å². The fraction of sp³-hybridized carbons (Fsp3) is 0.462. The Balaban J connectivity index is 2.53. The zero-order valence-electron chi connectivity index (χ0n) is 10.2. The number of rotatable bonds is 5. The Labute approximate surface area is 101 Å². The van der Waals surface area contributed by atoms with Gasteiger partial charge < -0.3 is 11.1 Å². The van der Waals surface area contributed by atoms with Gasteiger partial charge in [-0.2, -0.15) is 0 Å². The molecule has 0 aliphatic carbocycles. The fourth-order valence-electron chi connectivity index (χ4n) is 1.54. The molecule has 1 rings (SSSR count). The summed E-state index contributed by atoms with van der Waals surface area (Å²) >= 11 is 0. The Morgan fingerprint density at radius 1 is 1.41 bits per heavy atom. The summed E-state index contributed by atoms with van der Waals surface area (Å²) in [6, 6.07) is 6.48. The fourth-order valence-corrected chi connectivity index (χ4v) is 1.54. The molecule has 0 fully saturated rings. The number of benzene rings is 1. The first-order chi connectivity index (χ1) is 8.04. The Hall–Kier alpha value is -1.42. The number of nitrogens with two attached hydrogens (primary N) is 1. The van der Waals surface area contributed by atoms with Crippen LogP contribution >= 0.6 is 0 Å². The second-order valence-corrected chi connectivity index (χ2v) is 4.34. The molecule has 2 atom stereocenters. The minimum Gasteiger partial charge on any atom is -0.353 e. The number of nitrogens with one attached hydrogen (secondary N) is 1. The van der Waals surface area contributed by atoms with E-state index in [0.717, 1.165) is 0 Å². The van der Waals surface area contributed by atoms with E-state index in [-0.39, 0.29) is 23.7 Å². The summed E-state index contributed by atoms with van der Waals surface area (Å²) in [4.78, 5) is 11.6. The van der Waals surface area contributed by atoms with E-state index in [9.17, 15) is 9.18 Å². The number of hydrogen-bond acceptors (Lipinski definition) is 2. The lowest BCUT2D eigenvalue weighted by molar-refractivity contribution is -0.124. The highest BCUT2D eigenvalue weighted by Crippen LogP contribution is 2.09. The molecule has 0 aromatic heterocycles. The van der Waals surface area contributed by atoms with Gasteiger partial charge in [-0.25, -0.2) is 4.39 Å². The monoisotopic (exact) mass is 238 g/mol. The smallest absolute Gasteiger partial charge is 0.224 e. The molecule has 0 aliphatic heterocycles. The first-order valence-electron chi connectivity index (χ1n) is 5.78. The minimum absolute atomic E-state index is 0.0867. The second kappa shape index (κ2) is 6.35. The van der Waals surface area contributed by atoms with Gasteiger partial charge in [0.1, 0.15) is 5.82 Å². The molecule has 0 saturated heterocycles. The summed E-state index contributed by atoms with van der Waals surface area (Å²) in [6.45, 7) is 3.94. The lowest BCUT2D eigenvalue weighted by atomic mass is 10.1. The summed E-state index contributed by atoms with van der Waals surface area (Å²) in [5.74, 6) is -0.533. The molecular weight excluding hydrogens is 219 g/mol. The van der Waals surface area contributed by atoms with Crippen molar-refractivity contribution in [3.05, 3.63) is 35.6 Å². The summed E-state index contributed by atoms with van der Waals surface area (Å²) in [5, 5.41) is 2.82. The Morgan fingerprint density at radius 2 is 2.06 bits per heavy atom. The lowest BCUT2D eigenvalue weighted by Gasteiger charge is -2.17. The maximum absolute atomic E-state index is 13.4. The van der Waals surface area contributed by atoms with E-state index in [2.05, 4.69) is 5.32 Å². The van der Waals surface area contributed by atoms with Gasteiger partial charge in [-0.15, -0.1) is 0 Å². The highest BCUT2D eigenvalue weighted by molar-refractivity contribution is 5.78. The third-order valence-electron chi connectivity index (χ3n) is 2.67. The highest BCUT2D eigenvalue weighted by atomic mass is 19.1. The summed E-state index contributed by atoms with van der Waals surface area (Å²) in [5.41, 5.74) is 6.02. The van der Waals surface area contributed by atoms with Crippen LogP contribution in [0.5, 0.6) is 0 Å². The Morgan fingerprint density at radius 3 is 2.65 bits per heavy atom. The van der Waals surface area contributed by atoms with Crippen LogP contribution in [0.15, 0.2) is 24.3 Å². The predicted octanol–water partition coefficient (Wildman–Crippen LogP) is 1.47. The van der Waals surface area contributed by atoms with Gasteiger partial charge in [-0.3, -0.25) is 4.79 Å². The van der Waals surface area contributed by atoms with E-state index in [1.165, 1.54) is 6.07 Å². The number of carbonyl (C=O) groups excluding carboxylic acids is 1. The number of carbonyl (C=O) groups is 1. The van der Waals surface area contributed by atoms with Gasteiger partial charge in [0.05, 0.1) is 0 Å². The molecule has 0 spiro atoms. The molecule has 1 aromatic rings. The van der Waals surface area contributed by atoms with Crippen molar-refractivity contribution in [1.82, 2.24) is 5.32 Å². The summed E-state index contributed by atoms with van der Waals surface area (Å²) in [6.07, 6.45) is 0.482. The van der Waals surface area contributed by atoms with Gasteiger partial charge >= 0.3 is 0 Å². The van der Waals surface area contributed by atoms with Gasteiger partial charge in [-0.1, -0.05) is 25.1 Å². The first-order valence-corrected chi connectivity index (χ1v) is 5.78. The minimum atomic E-state index is -0.236. The zero-order valence-corrected chi connectivity index (χ0v) is 10.2. The third kappa shape index (κ3) is 4.15. The molecule has 1 aromatic carbocycles. The third-order valence-corrected chi connectivity index (χ3v) is 2.67. The number of hydrogen-bond donors (Lipinski definition) is 2. The SMILES string of the molecule is CC(Cc1ccccc1F)NC(=O)C(C)CN. The van der Waals surface area contributed by atoms with Crippen molar-refractivity contribution < 1.29 is 9.18 Å². The van der Waals surface area contributed by atoms with Crippen LogP contribution in [0.3, 0.4) is 0 Å². The van der Waals surface area contributed by atoms with Crippen LogP contribution in [0.2, 0.25) is 0 Å². The van der Waals surface area contributed by atoms with Crippen molar-refractivity contribution in [3.8, 4) is 0 Å². The maximum atomic E-state index is 13.4. The second-order valence-electron chi connectivity index (χ2n) is 4.34. The average molecular weight is 238 g/mol. The molecule has 2 unspecified atom stereocenters. The molecule has 0 aliphatic rings. The van der Waals surface area contributed by atoms with Crippen LogP contribution < -0.4 is 11.1 Å². The van der Waals surface area contributed by atoms with Gasteiger partial charge in [0.15, 0.2) is 0 Å². The predicted molar refractivity (Wildman–Crippen MR) is 65.9 cm³/mol.